The van der Waals surface area contributed by atoms with Gasteiger partial charge >= 0.3 is 5.78 Å². The van der Waals surface area contributed by atoms with Crippen LogP contribution >= 0.6 is 0 Å². The summed E-state index contributed by atoms with van der Waals surface area (Å²) in [6, 6.07) is 21.8. The van der Waals surface area contributed by atoms with Gasteiger partial charge in [0.1, 0.15) is 11.6 Å². The molecule has 4 rings (SSSR count). The van der Waals surface area contributed by atoms with Crippen LogP contribution in [0.2, 0.25) is 0 Å². The van der Waals surface area contributed by atoms with Crippen molar-refractivity contribution in [3.05, 3.63) is 90.6 Å². The quantitative estimate of drug-likeness (QED) is 0.0653. The van der Waals surface area contributed by atoms with Crippen molar-refractivity contribution >= 4 is 27.3 Å². The van der Waals surface area contributed by atoms with E-state index in [0.29, 0.717) is 11.5 Å². The maximum absolute atomic E-state index is 13.6. The van der Waals surface area contributed by atoms with Crippen LogP contribution in [0, 0.1) is 22.7 Å². The van der Waals surface area contributed by atoms with Crippen molar-refractivity contribution in [1.82, 2.24) is 4.98 Å². The van der Waals surface area contributed by atoms with Gasteiger partial charge in [-0.15, -0.1) is 35.9 Å². The van der Waals surface area contributed by atoms with Crippen molar-refractivity contribution in [1.29, 1.82) is 0 Å². The van der Waals surface area contributed by atoms with Crippen LogP contribution in [0.1, 0.15) is 67.2 Å². The van der Waals surface area contributed by atoms with Gasteiger partial charge in [-0.05, 0) is 78.0 Å². The average Bonchev–Trinajstić information content (AvgIpc) is 2.96. The molecule has 0 aliphatic heterocycles. The fourth-order valence-corrected chi connectivity index (χ4v) is 4.41. The van der Waals surface area contributed by atoms with E-state index in [1.54, 1.807) is 24.4 Å². The normalized spacial score (nSPS) is 12.0. The molecule has 1 aromatic heterocycles. The fraction of sp³-hybridized carbons (Fsp3) is 0.353. The molecule has 3 nitrogen and oxygen atoms in total. The molecule has 3 aromatic carbocycles. The van der Waals surface area contributed by atoms with Gasteiger partial charge in [-0.3, -0.25) is 4.79 Å². The molecule has 1 radical (unpaired) electrons. The van der Waals surface area contributed by atoms with Crippen molar-refractivity contribution in [2.24, 2.45) is 10.8 Å². The fourth-order valence-electron chi connectivity index (χ4n) is 4.41. The Morgan fingerprint density at radius 3 is 2.13 bits per heavy atom. The second kappa shape index (κ2) is 14.0. The maximum Gasteiger partial charge on any atom is 0.325 e. The van der Waals surface area contributed by atoms with Gasteiger partial charge in [0, 0.05) is 31.7 Å². The Balaban J connectivity index is 0.000000275. The van der Waals surface area contributed by atoms with E-state index in [1.165, 1.54) is 6.07 Å². The van der Waals surface area contributed by atoms with Crippen molar-refractivity contribution in [2.45, 2.75) is 67.2 Å². The molecular formula is C34H40FIrNO2. The van der Waals surface area contributed by atoms with E-state index in [0.717, 1.165) is 58.5 Å². The van der Waals surface area contributed by atoms with Crippen LogP contribution in [0.4, 0.5) is 4.39 Å². The molecule has 0 fully saturated rings. The SMILES string of the molecule is CCC(C)(CC)C(=[OH+])/C=C(\O)C(C)(CC)CC.Fc1ccc2ccc3c(-c4[c-]cccc4)nccc3c2c1.[Ir]. The number of rotatable bonds is 8. The summed E-state index contributed by atoms with van der Waals surface area (Å²) in [5.74, 6) is 0.376. The van der Waals surface area contributed by atoms with Gasteiger partial charge in [-0.25, -0.2) is 4.39 Å². The van der Waals surface area contributed by atoms with Crippen LogP contribution in [0.25, 0.3) is 32.8 Å². The van der Waals surface area contributed by atoms with Crippen LogP contribution in [-0.4, -0.2) is 20.7 Å². The second-order valence-electron chi connectivity index (χ2n) is 10.4. The average molecular weight is 706 g/mol. The van der Waals surface area contributed by atoms with Crippen LogP contribution in [0.15, 0.2) is 78.7 Å². The Labute approximate surface area is 245 Å². The molecule has 1 heterocycles. The number of carbonyl (C=O) groups excluding carboxylic acids is 1. The van der Waals surface area contributed by atoms with E-state index in [2.05, 4.69) is 38.7 Å². The number of ketones is 1. The number of pyridine rings is 1. The zero-order chi connectivity index (χ0) is 27.9. The Bertz CT molecular complexity index is 1420. The summed E-state index contributed by atoms with van der Waals surface area (Å²) in [5, 5.41) is 14.1. The molecule has 0 bridgehead atoms. The summed E-state index contributed by atoms with van der Waals surface area (Å²) in [4.78, 5) is 14.7. The first-order chi connectivity index (χ1) is 18.1. The number of aliphatic hydroxyl groups excluding tert-OH is 1. The number of nitrogens with zero attached hydrogens (tertiary/aromatic N) is 1. The number of aliphatic hydroxyl groups is 1. The number of halogens is 1. The molecule has 0 atom stereocenters. The molecule has 0 aliphatic carbocycles. The first-order valence-electron chi connectivity index (χ1n) is 13.5. The molecule has 4 aromatic rings. The van der Waals surface area contributed by atoms with Crippen LogP contribution in [0.5, 0.6) is 0 Å². The Hall–Kier alpha value is -2.88. The summed E-state index contributed by atoms with van der Waals surface area (Å²) >= 11 is 0. The summed E-state index contributed by atoms with van der Waals surface area (Å²) in [6.07, 6.45) is 6.81. The van der Waals surface area contributed by atoms with E-state index < -0.39 is 0 Å². The minimum Gasteiger partial charge on any atom is -0.511 e. The molecule has 209 valence electrons. The van der Waals surface area contributed by atoms with Crippen molar-refractivity contribution in [3.8, 4) is 11.3 Å². The third kappa shape index (κ3) is 7.21. The predicted molar refractivity (Wildman–Crippen MR) is 159 cm³/mol. The summed E-state index contributed by atoms with van der Waals surface area (Å²) in [7, 11) is 0. The number of hydrogen-bond acceptors (Lipinski definition) is 2. The minimum atomic E-state index is -0.226. The van der Waals surface area contributed by atoms with Gasteiger partial charge in [0.2, 0.25) is 0 Å². The summed E-state index contributed by atoms with van der Waals surface area (Å²) < 4.78 is 13.6. The minimum absolute atomic E-state index is 0. The molecular weight excluding hydrogens is 666 g/mol. The van der Waals surface area contributed by atoms with Crippen molar-refractivity contribution < 1.29 is 34.4 Å². The molecule has 0 amide bonds. The predicted octanol–water partition coefficient (Wildman–Crippen LogP) is 9.62. The van der Waals surface area contributed by atoms with Crippen LogP contribution < -0.4 is 0 Å². The van der Waals surface area contributed by atoms with Crippen LogP contribution in [-0.2, 0) is 20.1 Å². The van der Waals surface area contributed by atoms with E-state index in [-0.39, 0.29) is 36.8 Å². The van der Waals surface area contributed by atoms with E-state index in [1.807, 2.05) is 56.3 Å². The maximum atomic E-state index is 13.6. The standard InChI is InChI=1S/C19H11FN.C15H28O2.Ir/c20-15-8-6-13-7-9-17-16(18(13)12-15)10-11-21-19(17)14-4-2-1-3-5-14;1-7-14(5,8-2)12(16)11-13(17)15(6,9-3)10-4;/h1-4,6-12H;11,16H,7-10H2,1-6H3;/q-1;;/p+1/b;12-11-;. The topological polar surface area (TPSA) is 54.5 Å². The molecule has 2 N–H and O–H groups in total. The van der Waals surface area contributed by atoms with E-state index in [4.69, 9.17) is 0 Å². The van der Waals surface area contributed by atoms with Gasteiger partial charge in [0.25, 0.3) is 0 Å². The van der Waals surface area contributed by atoms with Gasteiger partial charge in [0.05, 0.1) is 11.5 Å². The zero-order valence-corrected chi connectivity index (χ0v) is 26.2. The van der Waals surface area contributed by atoms with Crippen molar-refractivity contribution in [3.63, 3.8) is 0 Å². The molecule has 0 aliphatic rings. The largest absolute Gasteiger partial charge is 0.511 e. The molecule has 0 saturated heterocycles. The zero-order valence-electron chi connectivity index (χ0n) is 23.8. The third-order valence-electron chi connectivity index (χ3n) is 8.32. The van der Waals surface area contributed by atoms with Gasteiger partial charge < -0.3 is 10.1 Å². The first-order valence-corrected chi connectivity index (χ1v) is 13.5. The number of allylic oxidation sites excluding steroid dienone is 2. The monoisotopic (exact) mass is 706 g/mol. The first kappa shape index (κ1) is 32.3. The molecule has 5 heteroatoms. The van der Waals surface area contributed by atoms with E-state index >= 15 is 0 Å². The molecule has 0 spiro atoms. The van der Waals surface area contributed by atoms with Crippen LogP contribution in [0.3, 0.4) is 0 Å². The Morgan fingerprint density at radius 2 is 1.54 bits per heavy atom. The number of hydrogen-bond donors (Lipinski definition) is 1. The molecule has 0 unspecified atom stereocenters. The number of aromatic nitrogens is 1. The number of benzene rings is 3. The van der Waals surface area contributed by atoms with Crippen molar-refractivity contribution in [2.75, 3.05) is 0 Å². The smallest absolute Gasteiger partial charge is 0.325 e. The van der Waals surface area contributed by atoms with Gasteiger partial charge in [-0.2, -0.15) is 0 Å². The Kier molecular flexibility index (Phi) is 11.6. The second-order valence-corrected chi connectivity index (χ2v) is 10.4. The summed E-state index contributed by atoms with van der Waals surface area (Å²) in [6.45, 7) is 12.3. The molecule has 0 saturated carbocycles. The van der Waals surface area contributed by atoms with Gasteiger partial charge in [-0.1, -0.05) is 52.8 Å². The number of fused-ring (bicyclic) bond motifs is 3. The summed E-state index contributed by atoms with van der Waals surface area (Å²) in [5.41, 5.74) is 1.37. The molecule has 39 heavy (non-hydrogen) atoms. The van der Waals surface area contributed by atoms with E-state index in [9.17, 15) is 14.3 Å². The Morgan fingerprint density at radius 1 is 0.897 bits per heavy atom. The third-order valence-corrected chi connectivity index (χ3v) is 8.32. The van der Waals surface area contributed by atoms with Gasteiger partial charge in [0.15, 0.2) is 0 Å².